The summed E-state index contributed by atoms with van der Waals surface area (Å²) >= 11 is 1.98. The van der Waals surface area contributed by atoms with Gasteiger partial charge in [0.15, 0.2) is 0 Å². The molecule has 1 nitrogen and oxygen atoms in total. The van der Waals surface area contributed by atoms with E-state index < -0.39 is 8.07 Å². The highest BCUT2D eigenvalue weighted by atomic mass is 32.1. The lowest BCUT2D eigenvalue weighted by molar-refractivity contribution is 0.353. The summed E-state index contributed by atoms with van der Waals surface area (Å²) in [6.07, 6.45) is 4.28. The van der Waals surface area contributed by atoms with Crippen molar-refractivity contribution in [1.29, 1.82) is 0 Å². The molecular formula is C28H40OSSi. The quantitative estimate of drug-likeness (QED) is 0.331. The van der Waals surface area contributed by atoms with Crippen molar-refractivity contribution in [3.63, 3.8) is 0 Å². The van der Waals surface area contributed by atoms with E-state index in [2.05, 4.69) is 99.3 Å². The van der Waals surface area contributed by atoms with E-state index in [0.29, 0.717) is 12.1 Å². The molecule has 0 radical (unpaired) electrons. The zero-order valence-corrected chi connectivity index (χ0v) is 23.0. The zero-order valence-electron chi connectivity index (χ0n) is 21.2. The van der Waals surface area contributed by atoms with Crippen molar-refractivity contribution >= 4 is 30.7 Å². The number of allylic oxidation sites excluding steroid dienone is 1. The molecule has 1 aromatic heterocycles. The smallest absolute Gasteiger partial charge is 0.122 e. The monoisotopic (exact) mass is 452 g/mol. The number of hydrogen-bond acceptors (Lipinski definition) is 2. The second kappa shape index (κ2) is 8.08. The molecule has 3 rings (SSSR count). The van der Waals surface area contributed by atoms with Crippen molar-refractivity contribution < 1.29 is 4.74 Å². The molecule has 0 spiro atoms. The Bertz CT molecular complexity index is 1020. The fourth-order valence-corrected chi connectivity index (χ4v) is 10.7. The van der Waals surface area contributed by atoms with E-state index in [-0.39, 0.29) is 10.8 Å². The van der Waals surface area contributed by atoms with Crippen molar-refractivity contribution in [2.75, 3.05) is 6.61 Å². The van der Waals surface area contributed by atoms with Gasteiger partial charge in [0, 0.05) is 15.3 Å². The van der Waals surface area contributed by atoms with Gasteiger partial charge >= 0.3 is 0 Å². The number of rotatable bonds is 5. The van der Waals surface area contributed by atoms with Crippen LogP contribution in [0.25, 0.3) is 6.08 Å². The minimum atomic E-state index is -1.98. The summed E-state index contributed by atoms with van der Waals surface area (Å²) < 4.78 is 6.49. The van der Waals surface area contributed by atoms with Gasteiger partial charge in [0.2, 0.25) is 0 Å². The number of hydrogen-bond donors (Lipinski definition) is 0. The van der Waals surface area contributed by atoms with Crippen LogP contribution in [0, 0.1) is 6.92 Å². The first-order valence-electron chi connectivity index (χ1n) is 11.4. The maximum atomic E-state index is 6.49. The Balaban J connectivity index is 2.31. The highest BCUT2D eigenvalue weighted by Gasteiger charge is 2.43. The first kappa shape index (κ1) is 24.1. The normalized spacial score (nSPS) is 16.8. The molecule has 31 heavy (non-hydrogen) atoms. The highest BCUT2D eigenvalue weighted by molar-refractivity contribution is 7.13. The lowest BCUT2D eigenvalue weighted by Gasteiger charge is -2.37. The summed E-state index contributed by atoms with van der Waals surface area (Å²) in [5.41, 5.74) is 6.24. The Kier molecular flexibility index (Phi) is 6.27. The lowest BCUT2D eigenvalue weighted by Crippen LogP contribution is -2.49. The summed E-state index contributed by atoms with van der Waals surface area (Å²) in [5.74, 6) is 1.10. The van der Waals surface area contributed by atoms with Crippen molar-refractivity contribution in [2.24, 2.45) is 0 Å². The molecule has 0 N–H and O–H groups in total. The molecule has 0 amide bonds. The van der Waals surface area contributed by atoms with Crippen LogP contribution in [0.2, 0.25) is 13.1 Å². The van der Waals surface area contributed by atoms with Crippen molar-refractivity contribution in [3.8, 4) is 5.75 Å². The van der Waals surface area contributed by atoms with Crippen LogP contribution in [0.3, 0.4) is 0 Å². The van der Waals surface area contributed by atoms with Crippen LogP contribution >= 0.6 is 11.3 Å². The number of ether oxygens (including phenoxy) is 1. The zero-order chi connectivity index (χ0) is 23.4. The summed E-state index contributed by atoms with van der Waals surface area (Å²) in [4.78, 5) is 2.96. The second-order valence-electron chi connectivity index (χ2n) is 11.7. The van der Waals surface area contributed by atoms with Crippen molar-refractivity contribution in [3.05, 3.63) is 62.9 Å². The molecule has 1 unspecified atom stereocenters. The van der Waals surface area contributed by atoms with E-state index >= 15 is 0 Å². The second-order valence-corrected chi connectivity index (χ2v) is 17.6. The van der Waals surface area contributed by atoms with E-state index in [4.69, 9.17) is 4.74 Å². The number of aryl methyl sites for hydroxylation is 1. The standard InChI is InChI=1S/C28H40OSSi/c1-12-13-29-24-22(28(7,8)9)16-21(27(4,5)6)17-23(24)31(10,11)26-18(2)14-20-15-19(3)30-25(20)26/h12,14-17,26H,1,13H2,2-11H3. The Morgan fingerprint density at radius 3 is 2.23 bits per heavy atom. The van der Waals surface area contributed by atoms with Gasteiger partial charge in [0.1, 0.15) is 12.4 Å². The third-order valence-corrected chi connectivity index (χ3v) is 11.8. The van der Waals surface area contributed by atoms with Crippen LogP contribution in [0.5, 0.6) is 5.75 Å². The fourth-order valence-electron chi connectivity index (χ4n) is 4.87. The van der Waals surface area contributed by atoms with Gasteiger partial charge in [-0.25, -0.2) is 0 Å². The molecule has 1 aliphatic carbocycles. The van der Waals surface area contributed by atoms with Gasteiger partial charge in [-0.15, -0.1) is 11.3 Å². The fraction of sp³-hybridized carbons (Fsp3) is 0.500. The van der Waals surface area contributed by atoms with Crippen molar-refractivity contribution in [2.45, 2.75) is 84.9 Å². The summed E-state index contributed by atoms with van der Waals surface area (Å²) in [6.45, 7) is 27.9. The summed E-state index contributed by atoms with van der Waals surface area (Å²) in [6, 6.07) is 7.23. The van der Waals surface area contributed by atoms with E-state index in [1.165, 1.54) is 32.3 Å². The van der Waals surface area contributed by atoms with Gasteiger partial charge in [-0.2, -0.15) is 0 Å². The molecule has 3 heteroatoms. The molecule has 168 valence electrons. The topological polar surface area (TPSA) is 9.23 Å². The SMILES string of the molecule is C=CCOc1c(C(C)(C)C)cc(C(C)(C)C)cc1[Si](C)(C)C1C(C)=Cc2cc(C)sc21. The Hall–Kier alpha value is -1.58. The largest absolute Gasteiger partial charge is 0.489 e. The molecular weight excluding hydrogens is 412 g/mol. The predicted molar refractivity (Wildman–Crippen MR) is 142 cm³/mol. The van der Waals surface area contributed by atoms with E-state index in [1.54, 1.807) is 4.88 Å². The molecule has 1 atom stereocenters. The molecule has 0 aliphatic heterocycles. The summed E-state index contributed by atoms with van der Waals surface area (Å²) in [5, 5.41) is 1.45. The summed E-state index contributed by atoms with van der Waals surface area (Å²) in [7, 11) is -1.98. The molecule has 1 heterocycles. The van der Waals surface area contributed by atoms with Crippen LogP contribution < -0.4 is 9.92 Å². The Labute approximate surface area is 195 Å². The lowest BCUT2D eigenvalue weighted by atomic mass is 9.80. The third-order valence-electron chi connectivity index (χ3n) is 6.54. The number of fused-ring (bicyclic) bond motifs is 1. The molecule has 2 aromatic rings. The van der Waals surface area contributed by atoms with Gasteiger partial charge in [0.05, 0.1) is 8.07 Å². The average Bonchev–Trinajstić information content (AvgIpc) is 3.11. The number of thiophene rings is 1. The van der Waals surface area contributed by atoms with Gasteiger partial charge < -0.3 is 4.74 Å². The molecule has 1 aliphatic rings. The molecule has 0 fully saturated rings. The first-order chi connectivity index (χ1) is 14.2. The first-order valence-corrected chi connectivity index (χ1v) is 15.3. The molecule has 0 bridgehead atoms. The van der Waals surface area contributed by atoms with Gasteiger partial charge in [0.25, 0.3) is 0 Å². The van der Waals surface area contributed by atoms with Gasteiger partial charge in [-0.1, -0.05) is 91.1 Å². The maximum Gasteiger partial charge on any atom is 0.122 e. The van der Waals surface area contributed by atoms with Gasteiger partial charge in [-0.3, -0.25) is 0 Å². The van der Waals surface area contributed by atoms with Crippen LogP contribution in [0.15, 0.2) is 36.4 Å². The highest BCUT2D eigenvalue weighted by Crippen LogP contribution is 2.47. The third kappa shape index (κ3) is 4.50. The van der Waals surface area contributed by atoms with Crippen LogP contribution in [0.1, 0.15) is 80.5 Å². The Morgan fingerprint density at radius 1 is 1.03 bits per heavy atom. The average molecular weight is 453 g/mol. The number of benzene rings is 1. The minimum Gasteiger partial charge on any atom is -0.489 e. The maximum absolute atomic E-state index is 6.49. The van der Waals surface area contributed by atoms with Gasteiger partial charge in [-0.05, 0) is 52.6 Å². The van der Waals surface area contributed by atoms with Crippen LogP contribution in [-0.2, 0) is 10.8 Å². The van der Waals surface area contributed by atoms with E-state index in [1.807, 2.05) is 17.4 Å². The Morgan fingerprint density at radius 2 is 1.68 bits per heavy atom. The van der Waals surface area contributed by atoms with Crippen LogP contribution in [0.4, 0.5) is 0 Å². The molecule has 0 saturated heterocycles. The van der Waals surface area contributed by atoms with E-state index in [9.17, 15) is 0 Å². The molecule has 0 saturated carbocycles. The molecule has 1 aromatic carbocycles. The van der Waals surface area contributed by atoms with E-state index in [0.717, 1.165) is 5.75 Å². The predicted octanol–water partition coefficient (Wildman–Crippen LogP) is 7.87. The minimum absolute atomic E-state index is 0.00222. The van der Waals surface area contributed by atoms with Crippen LogP contribution in [-0.4, -0.2) is 14.7 Å². The van der Waals surface area contributed by atoms with Crippen molar-refractivity contribution in [1.82, 2.24) is 0 Å².